The predicted octanol–water partition coefficient (Wildman–Crippen LogP) is 0.126. The Morgan fingerprint density at radius 3 is 1.91 bits per heavy atom. The number of piperidine rings is 1. The van der Waals surface area contributed by atoms with E-state index in [0.29, 0.717) is 0 Å². The molecule has 4 heteroatoms. The van der Waals surface area contributed by atoms with Crippen LogP contribution in [0, 0.1) is 0 Å². The zero-order valence-electron chi connectivity index (χ0n) is 7.05. The second-order valence-corrected chi connectivity index (χ2v) is 2.39. The first-order chi connectivity index (χ1) is 5.30. The fraction of sp³-hybridized carbons (Fsp3) is 0.857. The van der Waals surface area contributed by atoms with Gasteiger partial charge in [-0.15, -0.1) is 0 Å². The first kappa shape index (κ1) is 10.2. The zero-order chi connectivity index (χ0) is 8.69. The Balaban J connectivity index is 0.000000461. The van der Waals surface area contributed by atoms with Crippen LogP contribution in [0.15, 0.2) is 0 Å². The van der Waals surface area contributed by atoms with Gasteiger partial charge in [0.2, 0.25) is 0 Å². The van der Waals surface area contributed by atoms with E-state index in [2.05, 4.69) is 5.73 Å². The molecule has 0 radical (unpaired) electrons. The van der Waals surface area contributed by atoms with Crippen molar-refractivity contribution in [3.05, 3.63) is 0 Å². The number of nitrogens with zero attached hydrogens (tertiary/aromatic N) is 1. The van der Waals surface area contributed by atoms with Crippen LogP contribution in [0.1, 0.15) is 19.3 Å². The largest absolute Gasteiger partial charge is 0.351 e. The SMILES string of the molecule is CN.NC(=O)N1CCCCC1. The van der Waals surface area contributed by atoms with Crippen LogP contribution >= 0.6 is 0 Å². The van der Waals surface area contributed by atoms with E-state index in [-0.39, 0.29) is 6.03 Å². The lowest BCUT2D eigenvalue weighted by atomic mass is 10.1. The van der Waals surface area contributed by atoms with Crippen molar-refractivity contribution in [1.82, 2.24) is 4.90 Å². The smallest absolute Gasteiger partial charge is 0.314 e. The van der Waals surface area contributed by atoms with Gasteiger partial charge in [-0.25, -0.2) is 4.79 Å². The van der Waals surface area contributed by atoms with Gasteiger partial charge in [0.05, 0.1) is 0 Å². The van der Waals surface area contributed by atoms with Gasteiger partial charge >= 0.3 is 6.03 Å². The maximum absolute atomic E-state index is 10.5. The molecule has 11 heavy (non-hydrogen) atoms. The molecule has 0 aromatic heterocycles. The van der Waals surface area contributed by atoms with E-state index < -0.39 is 0 Å². The minimum Gasteiger partial charge on any atom is -0.351 e. The number of rotatable bonds is 0. The molecule has 4 nitrogen and oxygen atoms in total. The standard InChI is InChI=1S/C6H12N2O.CH5N/c7-6(9)8-4-2-1-3-5-8;1-2/h1-5H2,(H2,7,9);2H2,1H3. The maximum atomic E-state index is 10.5. The molecule has 0 spiro atoms. The van der Waals surface area contributed by atoms with Crippen molar-refractivity contribution in [1.29, 1.82) is 0 Å². The third-order valence-electron chi connectivity index (χ3n) is 1.67. The quantitative estimate of drug-likeness (QED) is 0.527. The minimum atomic E-state index is -0.269. The molecule has 1 aliphatic heterocycles. The van der Waals surface area contributed by atoms with Gasteiger partial charge < -0.3 is 16.4 Å². The van der Waals surface area contributed by atoms with Gasteiger partial charge in [0.1, 0.15) is 0 Å². The number of primary amides is 1. The van der Waals surface area contributed by atoms with Crippen LogP contribution in [0.3, 0.4) is 0 Å². The average Bonchev–Trinajstić information content (AvgIpc) is 2.10. The molecule has 66 valence electrons. The number of likely N-dealkylation sites (tertiary alicyclic amines) is 1. The van der Waals surface area contributed by atoms with Crippen molar-refractivity contribution in [2.75, 3.05) is 20.1 Å². The van der Waals surface area contributed by atoms with Crippen molar-refractivity contribution in [2.45, 2.75) is 19.3 Å². The summed E-state index contributed by atoms with van der Waals surface area (Å²) >= 11 is 0. The molecule has 0 aliphatic carbocycles. The first-order valence-corrected chi connectivity index (χ1v) is 3.93. The minimum absolute atomic E-state index is 0.269. The van der Waals surface area contributed by atoms with Crippen LogP contribution in [-0.2, 0) is 0 Å². The predicted molar refractivity (Wildman–Crippen MR) is 45.1 cm³/mol. The van der Waals surface area contributed by atoms with E-state index in [0.717, 1.165) is 25.9 Å². The van der Waals surface area contributed by atoms with E-state index in [4.69, 9.17) is 5.73 Å². The summed E-state index contributed by atoms with van der Waals surface area (Å²) in [6.45, 7) is 1.71. The van der Waals surface area contributed by atoms with E-state index in [1.807, 2.05) is 0 Å². The van der Waals surface area contributed by atoms with Crippen molar-refractivity contribution in [2.24, 2.45) is 11.5 Å². The van der Waals surface area contributed by atoms with Crippen LogP contribution in [0.25, 0.3) is 0 Å². The monoisotopic (exact) mass is 159 g/mol. The Labute approximate surface area is 67.5 Å². The number of hydrogen-bond donors (Lipinski definition) is 2. The highest BCUT2D eigenvalue weighted by atomic mass is 16.2. The highest BCUT2D eigenvalue weighted by Gasteiger charge is 2.11. The van der Waals surface area contributed by atoms with Crippen LogP contribution in [0.5, 0.6) is 0 Å². The molecule has 0 unspecified atom stereocenters. The lowest BCUT2D eigenvalue weighted by Gasteiger charge is -2.24. The Morgan fingerprint density at radius 1 is 1.18 bits per heavy atom. The molecule has 1 fully saturated rings. The van der Waals surface area contributed by atoms with E-state index in [1.54, 1.807) is 4.90 Å². The molecule has 1 saturated heterocycles. The lowest BCUT2D eigenvalue weighted by molar-refractivity contribution is 0.196. The fourth-order valence-electron chi connectivity index (χ4n) is 1.11. The number of hydrogen-bond acceptors (Lipinski definition) is 2. The highest BCUT2D eigenvalue weighted by molar-refractivity contribution is 5.71. The van der Waals surface area contributed by atoms with E-state index in [9.17, 15) is 4.79 Å². The molecular formula is C7H17N3O. The number of urea groups is 1. The second kappa shape index (κ2) is 5.97. The van der Waals surface area contributed by atoms with Crippen LogP contribution in [-0.4, -0.2) is 31.1 Å². The molecule has 2 amide bonds. The Hall–Kier alpha value is -0.770. The molecule has 1 heterocycles. The number of amides is 2. The van der Waals surface area contributed by atoms with Crippen molar-refractivity contribution >= 4 is 6.03 Å². The zero-order valence-corrected chi connectivity index (χ0v) is 7.05. The number of carbonyl (C=O) groups excluding carboxylic acids is 1. The lowest BCUT2D eigenvalue weighted by Crippen LogP contribution is -2.39. The molecule has 4 N–H and O–H groups in total. The summed E-state index contributed by atoms with van der Waals surface area (Å²) in [6.07, 6.45) is 3.47. The highest BCUT2D eigenvalue weighted by Crippen LogP contribution is 2.06. The van der Waals surface area contributed by atoms with Gasteiger partial charge in [-0.2, -0.15) is 0 Å². The van der Waals surface area contributed by atoms with Crippen LogP contribution in [0.4, 0.5) is 4.79 Å². The van der Waals surface area contributed by atoms with Gasteiger partial charge in [0, 0.05) is 13.1 Å². The Morgan fingerprint density at radius 2 is 1.64 bits per heavy atom. The molecule has 0 atom stereocenters. The van der Waals surface area contributed by atoms with Gasteiger partial charge in [0.25, 0.3) is 0 Å². The topological polar surface area (TPSA) is 72.3 Å². The number of nitrogens with two attached hydrogens (primary N) is 2. The van der Waals surface area contributed by atoms with Crippen molar-refractivity contribution < 1.29 is 4.79 Å². The van der Waals surface area contributed by atoms with Gasteiger partial charge in [-0.1, -0.05) is 0 Å². The third kappa shape index (κ3) is 3.83. The maximum Gasteiger partial charge on any atom is 0.314 e. The van der Waals surface area contributed by atoms with Gasteiger partial charge in [0.15, 0.2) is 0 Å². The first-order valence-electron chi connectivity index (χ1n) is 3.93. The average molecular weight is 159 g/mol. The molecule has 1 aliphatic rings. The second-order valence-electron chi connectivity index (χ2n) is 2.39. The van der Waals surface area contributed by atoms with Crippen LogP contribution < -0.4 is 11.5 Å². The summed E-state index contributed by atoms with van der Waals surface area (Å²) in [5, 5.41) is 0. The summed E-state index contributed by atoms with van der Waals surface area (Å²) in [5.74, 6) is 0. The molecule has 0 aromatic carbocycles. The van der Waals surface area contributed by atoms with E-state index in [1.165, 1.54) is 13.5 Å². The normalized spacial score (nSPS) is 16.7. The van der Waals surface area contributed by atoms with Crippen molar-refractivity contribution in [3.63, 3.8) is 0 Å². The van der Waals surface area contributed by atoms with Crippen LogP contribution in [0.2, 0.25) is 0 Å². The van der Waals surface area contributed by atoms with E-state index >= 15 is 0 Å². The summed E-state index contributed by atoms with van der Waals surface area (Å²) in [6, 6.07) is -0.269. The molecule has 0 bridgehead atoms. The summed E-state index contributed by atoms with van der Waals surface area (Å²) < 4.78 is 0. The summed E-state index contributed by atoms with van der Waals surface area (Å²) in [4.78, 5) is 12.2. The van der Waals surface area contributed by atoms with Gasteiger partial charge in [-0.3, -0.25) is 0 Å². The summed E-state index contributed by atoms with van der Waals surface area (Å²) in [5.41, 5.74) is 9.55. The molecular weight excluding hydrogens is 142 g/mol. The Kier molecular flexibility index (Phi) is 5.56. The molecule has 1 rings (SSSR count). The number of carbonyl (C=O) groups is 1. The Bertz CT molecular complexity index is 110. The molecule has 0 saturated carbocycles. The van der Waals surface area contributed by atoms with Gasteiger partial charge in [-0.05, 0) is 26.3 Å². The van der Waals surface area contributed by atoms with Crippen molar-refractivity contribution in [3.8, 4) is 0 Å². The summed E-state index contributed by atoms with van der Waals surface area (Å²) in [7, 11) is 1.50. The molecule has 0 aromatic rings. The third-order valence-corrected chi connectivity index (χ3v) is 1.67. The fourth-order valence-corrected chi connectivity index (χ4v) is 1.11.